The van der Waals surface area contributed by atoms with Crippen LogP contribution in [0.4, 0.5) is 9.93 Å². The van der Waals surface area contributed by atoms with Gasteiger partial charge in [0, 0.05) is 11.7 Å². The minimum atomic E-state index is -1.33. The number of hydrogen-bond donors (Lipinski definition) is 5. The molecule has 12 heteroatoms. The average molecular weight is 379 g/mol. The molecule has 3 amide bonds. The van der Waals surface area contributed by atoms with Gasteiger partial charge in [0.05, 0.1) is 5.88 Å². The standard InChI is InChI=1S/C11H17N5O4S3/c1-5(17)12-4-22-11(2,3)6(13-9(19)20)7(18)14-8-15-16-10(21)23-8/h6,13H,4H2,1-3H3,(H,12,17)(H,16,21)(H,19,20)(H,14,15,18). The second-order valence-corrected chi connectivity index (χ2v) is 8.21. The summed E-state index contributed by atoms with van der Waals surface area (Å²) in [6.45, 7) is 4.77. The van der Waals surface area contributed by atoms with Crippen molar-refractivity contribution in [3.8, 4) is 0 Å². The van der Waals surface area contributed by atoms with Gasteiger partial charge in [-0.05, 0) is 26.1 Å². The molecule has 0 aromatic carbocycles. The van der Waals surface area contributed by atoms with Gasteiger partial charge in [0.15, 0.2) is 3.95 Å². The lowest BCUT2D eigenvalue weighted by Crippen LogP contribution is -2.54. The molecule has 128 valence electrons. The fraction of sp³-hybridized carbons (Fsp3) is 0.545. The van der Waals surface area contributed by atoms with E-state index in [0.717, 1.165) is 11.3 Å². The van der Waals surface area contributed by atoms with Gasteiger partial charge in [-0.15, -0.1) is 16.9 Å². The van der Waals surface area contributed by atoms with Crippen LogP contribution in [-0.4, -0.2) is 49.9 Å². The van der Waals surface area contributed by atoms with Crippen LogP contribution in [0, 0.1) is 3.95 Å². The third-order valence-electron chi connectivity index (χ3n) is 2.66. The molecule has 1 aromatic rings. The molecule has 1 aromatic heterocycles. The molecule has 0 spiro atoms. The summed E-state index contributed by atoms with van der Waals surface area (Å²) >= 11 is 7.17. The van der Waals surface area contributed by atoms with Crippen LogP contribution in [0.2, 0.25) is 0 Å². The number of anilines is 1. The normalized spacial score (nSPS) is 12.3. The molecule has 9 nitrogen and oxygen atoms in total. The summed E-state index contributed by atoms with van der Waals surface area (Å²) < 4.78 is -0.426. The Bertz CT molecular complexity index is 642. The molecule has 1 unspecified atom stereocenters. The number of nitrogens with one attached hydrogen (secondary N) is 4. The summed E-state index contributed by atoms with van der Waals surface area (Å²) in [4.78, 5) is 34.3. The number of carboxylic acid groups (broad SMARTS) is 1. The van der Waals surface area contributed by atoms with Crippen LogP contribution >= 0.6 is 35.3 Å². The van der Waals surface area contributed by atoms with E-state index < -0.39 is 22.8 Å². The third-order valence-corrected chi connectivity index (χ3v) is 4.93. The summed E-state index contributed by atoms with van der Waals surface area (Å²) in [7, 11) is 0. The second kappa shape index (κ2) is 8.26. The van der Waals surface area contributed by atoms with E-state index in [0.29, 0.717) is 3.95 Å². The molecule has 1 heterocycles. The predicted molar refractivity (Wildman–Crippen MR) is 91.2 cm³/mol. The maximum Gasteiger partial charge on any atom is 0.405 e. The Morgan fingerprint density at radius 1 is 1.48 bits per heavy atom. The Kier molecular flexibility index (Phi) is 6.97. The van der Waals surface area contributed by atoms with Crippen molar-refractivity contribution in [3.05, 3.63) is 3.95 Å². The number of rotatable bonds is 7. The zero-order chi connectivity index (χ0) is 17.6. The summed E-state index contributed by atoms with van der Waals surface area (Å²) in [5, 5.41) is 22.8. The summed E-state index contributed by atoms with van der Waals surface area (Å²) in [5.41, 5.74) is 0. The SMILES string of the molecule is CC(=O)NCSC(C)(C)C(NC(=O)O)C(=O)Nc1n[nH]c(=S)s1. The van der Waals surface area contributed by atoms with Gasteiger partial charge in [-0.3, -0.25) is 20.0 Å². The van der Waals surface area contributed by atoms with Crippen LogP contribution in [0.25, 0.3) is 0 Å². The van der Waals surface area contributed by atoms with E-state index >= 15 is 0 Å². The van der Waals surface area contributed by atoms with Crippen molar-refractivity contribution in [3.63, 3.8) is 0 Å². The monoisotopic (exact) mass is 379 g/mol. The van der Waals surface area contributed by atoms with Crippen LogP contribution < -0.4 is 16.0 Å². The molecular weight excluding hydrogens is 362 g/mol. The fourth-order valence-corrected chi connectivity index (χ4v) is 3.32. The number of amides is 3. The number of aromatic amines is 1. The van der Waals surface area contributed by atoms with Crippen LogP contribution in [0.15, 0.2) is 0 Å². The highest BCUT2D eigenvalue weighted by atomic mass is 32.2. The largest absolute Gasteiger partial charge is 0.465 e. The zero-order valence-corrected chi connectivity index (χ0v) is 15.1. The van der Waals surface area contributed by atoms with Gasteiger partial charge >= 0.3 is 6.09 Å². The first-order valence-corrected chi connectivity index (χ1v) is 8.57. The number of carbonyl (C=O) groups excluding carboxylic acids is 2. The van der Waals surface area contributed by atoms with Crippen molar-refractivity contribution in [2.24, 2.45) is 0 Å². The first-order valence-electron chi connectivity index (χ1n) is 6.36. The van der Waals surface area contributed by atoms with E-state index in [2.05, 4.69) is 26.1 Å². The topological polar surface area (TPSA) is 136 Å². The highest BCUT2D eigenvalue weighted by molar-refractivity contribution is 8.00. The van der Waals surface area contributed by atoms with Crippen LogP contribution in [0.3, 0.4) is 0 Å². The minimum Gasteiger partial charge on any atom is -0.465 e. The summed E-state index contributed by atoms with van der Waals surface area (Å²) in [5.74, 6) is -0.531. The number of aromatic nitrogens is 2. The molecule has 0 saturated heterocycles. The van der Waals surface area contributed by atoms with Crippen molar-refractivity contribution in [1.82, 2.24) is 20.8 Å². The van der Waals surface area contributed by atoms with E-state index in [4.69, 9.17) is 17.3 Å². The van der Waals surface area contributed by atoms with Gasteiger partial charge in [0.2, 0.25) is 16.9 Å². The van der Waals surface area contributed by atoms with Gasteiger partial charge in [-0.2, -0.15) is 0 Å². The van der Waals surface area contributed by atoms with Crippen LogP contribution in [-0.2, 0) is 9.59 Å². The van der Waals surface area contributed by atoms with E-state index in [9.17, 15) is 14.4 Å². The first kappa shape index (κ1) is 19.4. The molecule has 5 N–H and O–H groups in total. The van der Waals surface area contributed by atoms with Crippen molar-refractivity contribution in [2.75, 3.05) is 11.2 Å². The lowest BCUT2D eigenvalue weighted by atomic mass is 10.0. The Hall–Kier alpha value is -1.66. The van der Waals surface area contributed by atoms with Gasteiger partial charge in [-0.25, -0.2) is 4.79 Å². The van der Waals surface area contributed by atoms with Crippen LogP contribution in [0.5, 0.6) is 0 Å². The Balaban J connectivity index is 2.84. The quantitative estimate of drug-likeness (QED) is 0.356. The summed E-state index contributed by atoms with van der Waals surface area (Å²) in [6.07, 6.45) is -1.33. The van der Waals surface area contributed by atoms with Crippen molar-refractivity contribution < 1.29 is 19.5 Å². The number of nitrogens with zero attached hydrogens (tertiary/aromatic N) is 1. The van der Waals surface area contributed by atoms with Crippen molar-refractivity contribution >= 4 is 58.4 Å². The second-order valence-electron chi connectivity index (χ2n) is 4.92. The summed E-state index contributed by atoms with van der Waals surface area (Å²) in [6, 6.07) is -1.06. The molecule has 0 bridgehead atoms. The lowest BCUT2D eigenvalue weighted by molar-refractivity contribution is -0.119. The zero-order valence-electron chi connectivity index (χ0n) is 12.6. The maximum absolute atomic E-state index is 12.4. The number of H-pyrrole nitrogens is 1. The molecule has 0 aliphatic rings. The molecule has 0 saturated carbocycles. The Labute approximate surface area is 145 Å². The Morgan fingerprint density at radius 2 is 2.13 bits per heavy atom. The van der Waals surface area contributed by atoms with Crippen LogP contribution in [0.1, 0.15) is 20.8 Å². The maximum atomic E-state index is 12.4. The van der Waals surface area contributed by atoms with E-state index in [1.54, 1.807) is 13.8 Å². The van der Waals surface area contributed by atoms with Gasteiger partial charge in [0.25, 0.3) is 0 Å². The van der Waals surface area contributed by atoms with Gasteiger partial charge in [0.1, 0.15) is 6.04 Å². The number of thioether (sulfide) groups is 1. The molecule has 0 fully saturated rings. The van der Waals surface area contributed by atoms with E-state index in [-0.39, 0.29) is 16.9 Å². The number of carbonyl (C=O) groups is 3. The number of hydrogen-bond acceptors (Lipinski definition) is 7. The van der Waals surface area contributed by atoms with Gasteiger partial charge < -0.3 is 15.7 Å². The van der Waals surface area contributed by atoms with E-state index in [1.807, 2.05) is 0 Å². The molecule has 1 atom stereocenters. The molecule has 0 aliphatic carbocycles. The predicted octanol–water partition coefficient (Wildman–Crippen LogP) is 1.38. The fourth-order valence-electron chi connectivity index (χ4n) is 1.55. The highest BCUT2D eigenvalue weighted by Gasteiger charge is 2.37. The van der Waals surface area contributed by atoms with Gasteiger partial charge in [-0.1, -0.05) is 11.3 Å². The van der Waals surface area contributed by atoms with Crippen molar-refractivity contribution in [2.45, 2.75) is 31.6 Å². The molecular formula is C11H17N5O4S3. The van der Waals surface area contributed by atoms with E-state index in [1.165, 1.54) is 18.7 Å². The Morgan fingerprint density at radius 3 is 2.61 bits per heavy atom. The highest BCUT2D eigenvalue weighted by Crippen LogP contribution is 2.28. The van der Waals surface area contributed by atoms with Crippen molar-refractivity contribution in [1.29, 1.82) is 0 Å². The third kappa shape index (κ3) is 6.54. The smallest absolute Gasteiger partial charge is 0.405 e. The average Bonchev–Trinajstić information content (AvgIpc) is 2.80. The molecule has 23 heavy (non-hydrogen) atoms. The first-order chi connectivity index (χ1) is 10.6. The molecule has 0 radical (unpaired) electrons. The minimum absolute atomic E-state index is 0.211. The lowest BCUT2D eigenvalue weighted by Gasteiger charge is -2.32. The molecule has 0 aliphatic heterocycles. The molecule has 1 rings (SSSR count).